The molecule has 32 heavy (non-hydrogen) atoms. The fourth-order valence-electron chi connectivity index (χ4n) is 5.01. The summed E-state index contributed by atoms with van der Waals surface area (Å²) in [5.74, 6) is 0.955. The molecular weight excluding hydrogens is 418 g/mol. The Morgan fingerprint density at radius 1 is 1.09 bits per heavy atom. The van der Waals surface area contributed by atoms with Gasteiger partial charge < -0.3 is 33.3 Å². The maximum Gasteiger partial charge on any atom is 0.181 e. The number of rotatable bonds is 2. The Morgan fingerprint density at radius 2 is 1.81 bits per heavy atom. The van der Waals surface area contributed by atoms with Gasteiger partial charge in [0, 0.05) is 23.2 Å². The highest BCUT2D eigenvalue weighted by Crippen LogP contribution is 2.52. The van der Waals surface area contributed by atoms with E-state index in [1.54, 1.807) is 18.3 Å². The van der Waals surface area contributed by atoms with E-state index in [1.807, 2.05) is 6.07 Å². The highest BCUT2D eigenvalue weighted by atomic mass is 32.1. The fraction of sp³-hybridized carbons (Fsp3) is 0.375. The molecule has 2 aromatic carbocycles. The lowest BCUT2D eigenvalue weighted by molar-refractivity contribution is 0.265. The summed E-state index contributed by atoms with van der Waals surface area (Å²) in [6.45, 7) is 1.67. The second-order valence-electron chi connectivity index (χ2n) is 7.92. The van der Waals surface area contributed by atoms with Crippen molar-refractivity contribution in [3.63, 3.8) is 0 Å². The van der Waals surface area contributed by atoms with Gasteiger partial charge in [-0.15, -0.1) is 0 Å². The third-order valence-corrected chi connectivity index (χ3v) is 7.03. The summed E-state index contributed by atoms with van der Waals surface area (Å²) < 4.78 is 1.14. The summed E-state index contributed by atoms with van der Waals surface area (Å²) in [4.78, 5) is 4.39. The van der Waals surface area contributed by atoms with E-state index < -0.39 is 0 Å². The molecule has 1 aromatic heterocycles. The molecule has 8 heteroatoms. The van der Waals surface area contributed by atoms with Crippen molar-refractivity contribution >= 4 is 50.5 Å². The number of fused-ring (bicyclic) bond motifs is 4. The van der Waals surface area contributed by atoms with Gasteiger partial charge in [-0.3, -0.25) is 0 Å². The minimum Gasteiger partial charge on any atom is -0.398 e. The zero-order valence-electron chi connectivity index (χ0n) is 18.7. The van der Waals surface area contributed by atoms with Gasteiger partial charge in [-0.2, -0.15) is 0 Å². The molecule has 1 fully saturated rings. The standard InChI is InChI=1S/C21H23N5S.C2H5N.CH5N/c22-10-14-15(23)6-8-17-19(14)12-3-1-2-4-13(12)20(25-17)11-5-7-16-18(9-11)27-21(24)26-16;1-2-3;1-2/h5-10,12-13,20,22,25H,1-4,23H2,(H2,24,26);2-3H,1H3;2H2,1H3/t12?,13?,20-;;/m1../s1. The summed E-state index contributed by atoms with van der Waals surface area (Å²) in [5, 5.41) is 18.4. The molecule has 2 heterocycles. The van der Waals surface area contributed by atoms with Crippen molar-refractivity contribution < 1.29 is 0 Å². The first kappa shape index (κ1) is 23.7. The third kappa shape index (κ3) is 4.47. The molecule has 5 rings (SSSR count). The molecule has 3 aromatic rings. The minimum absolute atomic E-state index is 0.262. The van der Waals surface area contributed by atoms with Crippen molar-refractivity contribution in [2.45, 2.75) is 44.6 Å². The number of aromatic nitrogens is 1. The summed E-state index contributed by atoms with van der Waals surface area (Å²) in [6.07, 6.45) is 7.53. The Kier molecular flexibility index (Phi) is 7.82. The van der Waals surface area contributed by atoms with Crippen LogP contribution < -0.4 is 22.5 Å². The number of hydrogen-bond acceptors (Lipinski definition) is 8. The maximum absolute atomic E-state index is 7.89. The molecule has 0 amide bonds. The number of nitrogen functional groups attached to an aromatic ring is 2. The second kappa shape index (κ2) is 10.6. The van der Waals surface area contributed by atoms with Crippen LogP contribution in [0.15, 0.2) is 30.3 Å². The summed E-state index contributed by atoms with van der Waals surface area (Å²) in [7, 11) is 1.50. The van der Waals surface area contributed by atoms with Gasteiger partial charge >= 0.3 is 0 Å². The maximum atomic E-state index is 7.89. The first-order valence-electron chi connectivity index (χ1n) is 11.0. The van der Waals surface area contributed by atoms with Crippen LogP contribution in [0.3, 0.4) is 0 Å². The Bertz CT molecular complexity index is 1090. The van der Waals surface area contributed by atoms with Crippen molar-refractivity contribution in [3.05, 3.63) is 47.0 Å². The molecule has 3 atom stereocenters. The highest BCUT2D eigenvalue weighted by Gasteiger charge is 2.40. The molecule has 170 valence electrons. The normalized spacial score (nSPS) is 20.9. The predicted molar refractivity (Wildman–Crippen MR) is 138 cm³/mol. The molecule has 9 N–H and O–H groups in total. The van der Waals surface area contributed by atoms with E-state index in [0.717, 1.165) is 27.9 Å². The van der Waals surface area contributed by atoms with Gasteiger partial charge in [0.05, 0.1) is 16.3 Å². The van der Waals surface area contributed by atoms with Crippen molar-refractivity contribution in [1.82, 2.24) is 4.98 Å². The van der Waals surface area contributed by atoms with Crippen LogP contribution in [0.1, 0.15) is 61.3 Å². The van der Waals surface area contributed by atoms with Crippen LogP contribution in [0.4, 0.5) is 16.5 Å². The van der Waals surface area contributed by atoms with E-state index in [-0.39, 0.29) is 6.04 Å². The van der Waals surface area contributed by atoms with E-state index in [9.17, 15) is 0 Å². The smallest absolute Gasteiger partial charge is 0.181 e. The van der Waals surface area contributed by atoms with Crippen molar-refractivity contribution in [2.24, 2.45) is 11.7 Å². The van der Waals surface area contributed by atoms with Gasteiger partial charge in [-0.25, -0.2) is 4.98 Å². The molecule has 7 nitrogen and oxygen atoms in total. The molecule has 1 saturated carbocycles. The Morgan fingerprint density at radius 3 is 2.53 bits per heavy atom. The molecule has 1 aliphatic carbocycles. The first-order valence-corrected chi connectivity index (χ1v) is 11.8. The van der Waals surface area contributed by atoms with E-state index in [0.29, 0.717) is 22.7 Å². The van der Waals surface area contributed by atoms with Crippen LogP contribution in [-0.2, 0) is 0 Å². The van der Waals surface area contributed by atoms with Crippen LogP contribution in [0.25, 0.3) is 10.2 Å². The minimum atomic E-state index is 0.262. The van der Waals surface area contributed by atoms with Crippen LogP contribution in [0.5, 0.6) is 0 Å². The molecule has 1 aliphatic heterocycles. The number of nitrogens with zero attached hydrogens (tertiary/aromatic N) is 1. The lowest BCUT2D eigenvalue weighted by Crippen LogP contribution is -2.34. The third-order valence-electron chi connectivity index (χ3n) is 6.18. The highest BCUT2D eigenvalue weighted by molar-refractivity contribution is 7.22. The molecular formula is C24H33N7S. The zero-order valence-corrected chi connectivity index (χ0v) is 19.5. The number of nitrogens with two attached hydrogens (primary N) is 3. The van der Waals surface area contributed by atoms with Gasteiger partial charge in [-0.1, -0.05) is 30.2 Å². The Balaban J connectivity index is 0.000000536. The molecule has 2 aliphatic rings. The van der Waals surface area contributed by atoms with E-state index in [4.69, 9.17) is 22.3 Å². The van der Waals surface area contributed by atoms with Crippen LogP contribution in [-0.4, -0.2) is 24.5 Å². The SMILES string of the molecule is CC=N.CN.N=Cc1c(N)ccc2c1C1CCCCC1[C@@H](c1ccc3nc(N)sc3c1)N2. The van der Waals surface area contributed by atoms with Crippen LogP contribution in [0, 0.1) is 16.7 Å². The molecule has 2 unspecified atom stereocenters. The molecule has 0 radical (unpaired) electrons. The van der Waals surface area contributed by atoms with Crippen molar-refractivity contribution in [3.8, 4) is 0 Å². The van der Waals surface area contributed by atoms with E-state index in [2.05, 4.69) is 40.3 Å². The Labute approximate surface area is 193 Å². The van der Waals surface area contributed by atoms with Crippen LogP contribution >= 0.6 is 11.3 Å². The second-order valence-corrected chi connectivity index (χ2v) is 8.98. The molecule has 0 saturated heterocycles. The fourth-order valence-corrected chi connectivity index (χ4v) is 5.80. The van der Waals surface area contributed by atoms with Crippen molar-refractivity contribution in [2.75, 3.05) is 23.8 Å². The first-order chi connectivity index (χ1) is 15.6. The number of anilines is 3. The average molecular weight is 452 g/mol. The van der Waals surface area contributed by atoms with Crippen molar-refractivity contribution in [1.29, 1.82) is 10.8 Å². The van der Waals surface area contributed by atoms with E-state index >= 15 is 0 Å². The summed E-state index contributed by atoms with van der Waals surface area (Å²) in [6, 6.07) is 10.8. The lowest BCUT2D eigenvalue weighted by Gasteiger charge is -2.44. The molecule has 0 bridgehead atoms. The largest absolute Gasteiger partial charge is 0.398 e. The molecule has 0 spiro atoms. The van der Waals surface area contributed by atoms with Gasteiger partial charge in [-0.05, 0) is 80.3 Å². The average Bonchev–Trinajstić information content (AvgIpc) is 3.19. The topological polar surface area (TPSA) is 151 Å². The number of hydrogen-bond donors (Lipinski definition) is 6. The van der Waals surface area contributed by atoms with Gasteiger partial charge in [0.25, 0.3) is 0 Å². The number of nitrogens with one attached hydrogen (secondary N) is 3. The van der Waals surface area contributed by atoms with Gasteiger partial charge in [0.2, 0.25) is 0 Å². The van der Waals surface area contributed by atoms with Gasteiger partial charge in [0.1, 0.15) is 0 Å². The zero-order chi connectivity index (χ0) is 23.3. The van der Waals surface area contributed by atoms with Gasteiger partial charge in [0.15, 0.2) is 5.13 Å². The quantitative estimate of drug-likeness (QED) is 0.236. The monoisotopic (exact) mass is 451 g/mol. The number of benzene rings is 2. The Hall–Kier alpha value is -2.97. The summed E-state index contributed by atoms with van der Waals surface area (Å²) >= 11 is 1.55. The summed E-state index contributed by atoms with van der Waals surface area (Å²) in [5.41, 5.74) is 22.8. The number of thiazole rings is 1. The van der Waals surface area contributed by atoms with Crippen LogP contribution in [0.2, 0.25) is 0 Å². The van der Waals surface area contributed by atoms with E-state index in [1.165, 1.54) is 49.9 Å². The lowest BCUT2D eigenvalue weighted by atomic mass is 9.67. The predicted octanol–water partition coefficient (Wildman–Crippen LogP) is 5.13.